The van der Waals surface area contributed by atoms with Crippen molar-refractivity contribution >= 4 is 40.4 Å². The van der Waals surface area contributed by atoms with Gasteiger partial charge in [0.1, 0.15) is 5.02 Å². The second-order valence-corrected chi connectivity index (χ2v) is 5.60. The molecule has 0 fully saturated rings. The molecule has 5 nitrogen and oxygen atoms in total. The molecule has 0 amide bonds. The summed E-state index contributed by atoms with van der Waals surface area (Å²) >= 11 is 11.5. The average Bonchev–Trinajstić information content (AvgIpc) is 2.49. The smallest absolute Gasteiger partial charge is 0.289 e. The zero-order chi connectivity index (χ0) is 17.0. The maximum atomic E-state index is 12.1. The number of ketones is 1. The van der Waals surface area contributed by atoms with Gasteiger partial charge in [0.15, 0.2) is 5.78 Å². The van der Waals surface area contributed by atoms with E-state index >= 15 is 0 Å². The lowest BCUT2D eigenvalue weighted by molar-refractivity contribution is -0.384. The molecule has 0 spiro atoms. The van der Waals surface area contributed by atoms with Crippen molar-refractivity contribution in [3.8, 4) is 0 Å². The van der Waals surface area contributed by atoms with Crippen LogP contribution in [0.4, 0.5) is 11.4 Å². The molecule has 0 bridgehead atoms. The van der Waals surface area contributed by atoms with E-state index in [1.165, 1.54) is 12.1 Å². The summed E-state index contributed by atoms with van der Waals surface area (Å²) in [5.74, 6) is -0.136. The molecule has 0 radical (unpaired) electrons. The van der Waals surface area contributed by atoms with Crippen molar-refractivity contribution in [3.05, 3.63) is 80.5 Å². The number of rotatable bonds is 6. The van der Waals surface area contributed by atoms with Crippen LogP contribution in [-0.2, 0) is 0 Å². The van der Waals surface area contributed by atoms with Crippen molar-refractivity contribution in [2.45, 2.75) is 6.42 Å². The molecule has 2 aromatic carbocycles. The predicted octanol–water partition coefficient (Wildman–Crippen LogP) is 5.10. The van der Waals surface area contributed by atoms with Gasteiger partial charge in [0, 0.05) is 28.0 Å². The topological polar surface area (TPSA) is 72.2 Å². The number of benzene rings is 2. The summed E-state index contributed by atoms with van der Waals surface area (Å²) in [6.45, 7) is 3.77. The van der Waals surface area contributed by atoms with Crippen LogP contribution in [-0.4, -0.2) is 10.7 Å². The molecule has 7 heteroatoms. The fourth-order valence-electron chi connectivity index (χ4n) is 1.91. The first kappa shape index (κ1) is 17.0. The number of allylic oxidation sites excluding steroid dienone is 1. The number of nitro benzene ring substituents is 1. The van der Waals surface area contributed by atoms with Crippen LogP contribution in [0, 0.1) is 10.1 Å². The fraction of sp³-hybridized carbons (Fsp3) is 0.0625. The van der Waals surface area contributed by atoms with Crippen molar-refractivity contribution in [3.63, 3.8) is 0 Å². The van der Waals surface area contributed by atoms with E-state index in [1.54, 1.807) is 30.3 Å². The van der Waals surface area contributed by atoms with E-state index < -0.39 is 4.92 Å². The van der Waals surface area contributed by atoms with Gasteiger partial charge in [-0.25, -0.2) is 0 Å². The maximum absolute atomic E-state index is 12.1. The molecule has 0 aliphatic rings. The summed E-state index contributed by atoms with van der Waals surface area (Å²) in [7, 11) is 0. The molecule has 0 heterocycles. The second kappa shape index (κ2) is 7.26. The van der Waals surface area contributed by atoms with Gasteiger partial charge in [0.2, 0.25) is 0 Å². The van der Waals surface area contributed by atoms with E-state index in [0.29, 0.717) is 22.0 Å². The van der Waals surface area contributed by atoms with Gasteiger partial charge in [0.05, 0.1) is 11.3 Å². The van der Waals surface area contributed by atoms with Crippen LogP contribution in [0.2, 0.25) is 10.0 Å². The van der Waals surface area contributed by atoms with Gasteiger partial charge in [-0.2, -0.15) is 0 Å². The van der Waals surface area contributed by atoms with Crippen LogP contribution in [0.1, 0.15) is 16.8 Å². The summed E-state index contributed by atoms with van der Waals surface area (Å²) in [5.41, 5.74) is 1.16. The zero-order valence-corrected chi connectivity index (χ0v) is 13.4. The number of nitrogens with zero attached hydrogens (tertiary/aromatic N) is 1. The molecule has 2 rings (SSSR count). The summed E-state index contributed by atoms with van der Waals surface area (Å²) in [5, 5.41) is 14.3. The van der Waals surface area contributed by atoms with Crippen LogP contribution in [0.3, 0.4) is 0 Å². The molecule has 23 heavy (non-hydrogen) atoms. The Kier molecular flexibility index (Phi) is 5.36. The maximum Gasteiger partial charge on any atom is 0.289 e. The molecule has 118 valence electrons. The number of halogens is 2. The lowest BCUT2D eigenvalue weighted by Crippen LogP contribution is -2.06. The van der Waals surface area contributed by atoms with Gasteiger partial charge >= 0.3 is 0 Å². The van der Waals surface area contributed by atoms with Crippen LogP contribution in [0.15, 0.2) is 54.7 Å². The number of hydrogen-bond acceptors (Lipinski definition) is 4. The average molecular weight is 351 g/mol. The van der Waals surface area contributed by atoms with Crippen LogP contribution in [0.25, 0.3) is 0 Å². The minimum Gasteiger partial charge on any atom is -0.359 e. The SMILES string of the molecule is C=C(CC(=O)c1ccc(Cl)cc1)Nc1ccc(Cl)c([N+](=O)[O-])c1. The number of carbonyl (C=O) groups excluding carboxylic acids is 1. The standard InChI is InChI=1S/C16H12Cl2N2O3/c1-10(8-16(21)11-2-4-12(17)5-3-11)19-13-6-7-14(18)15(9-13)20(22)23/h2-7,9,19H,1,8H2. The Bertz CT molecular complexity index is 773. The fourth-order valence-corrected chi connectivity index (χ4v) is 2.22. The Labute approximate surface area is 142 Å². The third-order valence-corrected chi connectivity index (χ3v) is 3.58. The van der Waals surface area contributed by atoms with Gasteiger partial charge in [-0.05, 0) is 36.4 Å². The Balaban J connectivity index is 2.05. The molecule has 0 aromatic heterocycles. The largest absolute Gasteiger partial charge is 0.359 e. The zero-order valence-electron chi connectivity index (χ0n) is 11.9. The van der Waals surface area contributed by atoms with E-state index in [4.69, 9.17) is 23.2 Å². The highest BCUT2D eigenvalue weighted by molar-refractivity contribution is 6.32. The Morgan fingerprint density at radius 2 is 1.83 bits per heavy atom. The highest BCUT2D eigenvalue weighted by Gasteiger charge is 2.14. The van der Waals surface area contributed by atoms with Crippen molar-refractivity contribution in [1.29, 1.82) is 0 Å². The lowest BCUT2D eigenvalue weighted by Gasteiger charge is -2.09. The molecule has 0 aliphatic heterocycles. The van der Waals surface area contributed by atoms with Crippen molar-refractivity contribution in [1.82, 2.24) is 0 Å². The van der Waals surface area contributed by atoms with Crippen molar-refractivity contribution < 1.29 is 9.72 Å². The van der Waals surface area contributed by atoms with E-state index in [-0.39, 0.29) is 22.9 Å². The van der Waals surface area contributed by atoms with Gasteiger partial charge in [-0.15, -0.1) is 0 Å². The molecular weight excluding hydrogens is 339 g/mol. The third kappa shape index (κ3) is 4.55. The minimum atomic E-state index is -0.574. The van der Waals surface area contributed by atoms with Crippen molar-refractivity contribution in [2.24, 2.45) is 0 Å². The number of Topliss-reactive ketones (excluding diaryl/α,β-unsaturated/α-hetero) is 1. The van der Waals surface area contributed by atoms with E-state index in [0.717, 1.165) is 0 Å². The summed E-state index contributed by atoms with van der Waals surface area (Å²) in [6.07, 6.45) is 0.0536. The molecule has 0 aliphatic carbocycles. The molecule has 1 N–H and O–H groups in total. The molecule has 0 atom stereocenters. The number of nitrogens with one attached hydrogen (secondary N) is 1. The van der Waals surface area contributed by atoms with Gasteiger partial charge < -0.3 is 5.32 Å². The van der Waals surface area contributed by atoms with Gasteiger partial charge in [0.25, 0.3) is 5.69 Å². The van der Waals surface area contributed by atoms with E-state index in [1.807, 2.05) is 0 Å². The normalized spacial score (nSPS) is 10.2. The number of hydrogen-bond donors (Lipinski definition) is 1. The molecule has 0 saturated carbocycles. The molecule has 2 aromatic rings. The van der Waals surface area contributed by atoms with Crippen LogP contribution < -0.4 is 5.32 Å². The Morgan fingerprint density at radius 3 is 2.43 bits per heavy atom. The monoisotopic (exact) mass is 350 g/mol. The lowest BCUT2D eigenvalue weighted by atomic mass is 10.1. The minimum absolute atomic E-state index is 0.0448. The number of nitro groups is 1. The Morgan fingerprint density at radius 1 is 1.17 bits per heavy atom. The third-order valence-electron chi connectivity index (χ3n) is 3.00. The first-order chi connectivity index (χ1) is 10.9. The summed E-state index contributed by atoms with van der Waals surface area (Å²) < 4.78 is 0. The van der Waals surface area contributed by atoms with E-state index in [9.17, 15) is 14.9 Å². The quantitative estimate of drug-likeness (QED) is 0.446. The first-order valence-electron chi connectivity index (χ1n) is 6.54. The van der Waals surface area contributed by atoms with Crippen LogP contribution >= 0.6 is 23.2 Å². The predicted molar refractivity (Wildman–Crippen MR) is 91.3 cm³/mol. The second-order valence-electron chi connectivity index (χ2n) is 4.76. The molecule has 0 saturated heterocycles. The number of carbonyl (C=O) groups is 1. The van der Waals surface area contributed by atoms with Gasteiger partial charge in [-0.1, -0.05) is 29.8 Å². The Hall–Kier alpha value is -2.37. The van der Waals surface area contributed by atoms with E-state index in [2.05, 4.69) is 11.9 Å². The van der Waals surface area contributed by atoms with Crippen molar-refractivity contribution in [2.75, 3.05) is 5.32 Å². The highest BCUT2D eigenvalue weighted by Crippen LogP contribution is 2.28. The summed E-state index contributed by atoms with van der Waals surface area (Å²) in [6, 6.07) is 10.8. The number of anilines is 1. The molecular formula is C16H12Cl2N2O3. The molecule has 0 unspecified atom stereocenters. The first-order valence-corrected chi connectivity index (χ1v) is 7.30. The summed E-state index contributed by atoms with van der Waals surface area (Å²) in [4.78, 5) is 22.4. The highest BCUT2D eigenvalue weighted by atomic mass is 35.5. The van der Waals surface area contributed by atoms with Crippen LogP contribution in [0.5, 0.6) is 0 Å². The van der Waals surface area contributed by atoms with Gasteiger partial charge in [-0.3, -0.25) is 14.9 Å².